The van der Waals surface area contributed by atoms with Gasteiger partial charge < -0.3 is 4.90 Å². The van der Waals surface area contributed by atoms with E-state index in [1.807, 2.05) is 0 Å². The average Bonchev–Trinajstić information content (AvgIpc) is 3.13. The number of thiophene rings is 1. The minimum Gasteiger partial charge on any atom is -0.323 e. The third kappa shape index (κ3) is 3.89. The predicted molar refractivity (Wildman–Crippen MR) is 95.4 cm³/mol. The van der Waals surface area contributed by atoms with E-state index in [0.29, 0.717) is 35.5 Å². The van der Waals surface area contributed by atoms with E-state index in [9.17, 15) is 13.2 Å². The van der Waals surface area contributed by atoms with Crippen molar-refractivity contribution in [2.45, 2.75) is 10.6 Å². The van der Waals surface area contributed by atoms with Crippen LogP contribution in [0.2, 0.25) is 4.34 Å². The number of carbonyl (C=O) groups is 1. The number of amides is 2. The minimum atomic E-state index is -3.56. The van der Waals surface area contributed by atoms with Gasteiger partial charge in [-0.25, -0.2) is 18.2 Å². The molecule has 11 heteroatoms. The summed E-state index contributed by atoms with van der Waals surface area (Å²) >= 11 is 8.22. The van der Waals surface area contributed by atoms with Crippen LogP contribution in [-0.2, 0) is 10.0 Å². The number of nitrogens with one attached hydrogen (secondary N) is 1. The number of aromatic nitrogens is 1. The number of hydrogen-bond acceptors (Lipinski definition) is 6. The van der Waals surface area contributed by atoms with Gasteiger partial charge in [-0.05, 0) is 18.6 Å². The van der Waals surface area contributed by atoms with Crippen LogP contribution in [0.3, 0.4) is 0 Å². The van der Waals surface area contributed by atoms with Crippen LogP contribution in [0.5, 0.6) is 0 Å². The lowest BCUT2D eigenvalue weighted by molar-refractivity contribution is 0.214. The molecule has 130 valence electrons. The maximum absolute atomic E-state index is 12.6. The number of urea groups is 1. The van der Waals surface area contributed by atoms with Gasteiger partial charge in [0.15, 0.2) is 5.13 Å². The molecule has 1 aliphatic rings. The van der Waals surface area contributed by atoms with E-state index in [1.54, 1.807) is 22.5 Å². The Hall–Kier alpha value is -1.20. The van der Waals surface area contributed by atoms with Crippen LogP contribution in [0.1, 0.15) is 6.42 Å². The fourth-order valence-corrected chi connectivity index (χ4v) is 5.98. The zero-order chi connectivity index (χ0) is 17.2. The molecule has 0 unspecified atom stereocenters. The Bertz CT molecular complexity index is 806. The summed E-state index contributed by atoms with van der Waals surface area (Å²) in [6.07, 6.45) is 2.19. The first-order valence-electron chi connectivity index (χ1n) is 7.18. The lowest BCUT2D eigenvalue weighted by Crippen LogP contribution is -2.39. The smallest absolute Gasteiger partial charge is 0.323 e. The average molecular weight is 407 g/mol. The number of anilines is 1. The Morgan fingerprint density at radius 3 is 2.75 bits per heavy atom. The molecule has 0 spiro atoms. The summed E-state index contributed by atoms with van der Waals surface area (Å²) in [5.41, 5.74) is 0. The van der Waals surface area contributed by atoms with Crippen molar-refractivity contribution in [3.05, 3.63) is 28.0 Å². The topological polar surface area (TPSA) is 82.6 Å². The highest BCUT2D eigenvalue weighted by Crippen LogP contribution is 2.28. The number of sulfonamides is 1. The predicted octanol–water partition coefficient (Wildman–Crippen LogP) is 2.79. The molecule has 7 nitrogen and oxygen atoms in total. The SMILES string of the molecule is O=C(Nc1nccs1)N1CCCN(S(=O)(=O)c2ccc(Cl)s2)CC1. The molecule has 3 rings (SSSR count). The first-order chi connectivity index (χ1) is 11.5. The Kier molecular flexibility index (Phi) is 5.40. The lowest BCUT2D eigenvalue weighted by atomic mass is 10.4. The normalized spacial score (nSPS) is 16.8. The van der Waals surface area contributed by atoms with Gasteiger partial charge in [-0.2, -0.15) is 4.31 Å². The third-order valence-electron chi connectivity index (χ3n) is 3.53. The first kappa shape index (κ1) is 17.6. The number of halogens is 1. The fraction of sp³-hybridized carbons (Fsp3) is 0.385. The Morgan fingerprint density at radius 1 is 1.25 bits per heavy atom. The standard InChI is InChI=1S/C13H15ClN4O3S3/c14-10-2-3-11(23-10)24(20,21)18-6-1-5-17(7-8-18)13(19)16-12-15-4-9-22-12/h2-4,9H,1,5-8H2,(H,15,16,19). The molecule has 2 aromatic heterocycles. The number of hydrogen-bond donors (Lipinski definition) is 1. The summed E-state index contributed by atoms with van der Waals surface area (Å²) in [6, 6.07) is 2.83. The Labute approximate surface area is 152 Å². The van der Waals surface area contributed by atoms with Crippen molar-refractivity contribution in [1.82, 2.24) is 14.2 Å². The van der Waals surface area contributed by atoms with Crippen LogP contribution in [-0.4, -0.2) is 54.8 Å². The van der Waals surface area contributed by atoms with Crippen LogP contribution in [0.4, 0.5) is 9.93 Å². The van der Waals surface area contributed by atoms with Gasteiger partial charge in [-0.1, -0.05) is 11.6 Å². The summed E-state index contributed by atoms with van der Waals surface area (Å²) in [4.78, 5) is 17.9. The van der Waals surface area contributed by atoms with E-state index in [4.69, 9.17) is 11.6 Å². The molecule has 24 heavy (non-hydrogen) atoms. The van der Waals surface area contributed by atoms with Gasteiger partial charge in [0.25, 0.3) is 10.0 Å². The van der Waals surface area contributed by atoms with E-state index in [-0.39, 0.29) is 16.8 Å². The second-order valence-electron chi connectivity index (χ2n) is 5.07. The van der Waals surface area contributed by atoms with E-state index in [1.165, 1.54) is 21.7 Å². The summed E-state index contributed by atoms with van der Waals surface area (Å²) in [5.74, 6) is 0. The largest absolute Gasteiger partial charge is 0.323 e. The number of thiazole rings is 1. The molecular formula is C13H15ClN4O3S3. The third-order valence-corrected chi connectivity index (χ3v) is 7.82. The van der Waals surface area contributed by atoms with Crippen molar-refractivity contribution in [2.75, 3.05) is 31.5 Å². The summed E-state index contributed by atoms with van der Waals surface area (Å²) in [6.45, 7) is 1.45. The molecule has 1 saturated heterocycles. The molecule has 0 atom stereocenters. The number of rotatable bonds is 3. The van der Waals surface area contributed by atoms with Crippen molar-refractivity contribution < 1.29 is 13.2 Å². The zero-order valence-electron chi connectivity index (χ0n) is 12.5. The van der Waals surface area contributed by atoms with Gasteiger partial charge in [0.2, 0.25) is 0 Å². The number of carbonyl (C=O) groups excluding carboxylic acids is 1. The maximum Gasteiger partial charge on any atom is 0.323 e. The second-order valence-corrected chi connectivity index (χ2v) is 9.85. The Balaban J connectivity index is 1.65. The van der Waals surface area contributed by atoms with Crippen LogP contribution in [0.15, 0.2) is 27.9 Å². The lowest BCUT2D eigenvalue weighted by Gasteiger charge is -2.21. The van der Waals surface area contributed by atoms with Crippen molar-refractivity contribution in [3.8, 4) is 0 Å². The van der Waals surface area contributed by atoms with Gasteiger partial charge in [-0.15, -0.1) is 22.7 Å². The van der Waals surface area contributed by atoms with Crippen molar-refractivity contribution in [3.63, 3.8) is 0 Å². The maximum atomic E-state index is 12.6. The highest BCUT2D eigenvalue weighted by molar-refractivity contribution is 7.91. The van der Waals surface area contributed by atoms with Gasteiger partial charge in [-0.3, -0.25) is 5.32 Å². The quantitative estimate of drug-likeness (QED) is 0.849. The van der Waals surface area contributed by atoms with Crippen LogP contribution in [0, 0.1) is 0 Å². The van der Waals surface area contributed by atoms with Gasteiger partial charge in [0.1, 0.15) is 4.21 Å². The Morgan fingerprint density at radius 2 is 2.08 bits per heavy atom. The molecule has 1 aliphatic heterocycles. The number of nitrogens with zero attached hydrogens (tertiary/aromatic N) is 3. The summed E-state index contributed by atoms with van der Waals surface area (Å²) in [5, 5.41) is 5.02. The molecule has 0 bridgehead atoms. The van der Waals surface area contributed by atoms with Crippen molar-refractivity contribution in [1.29, 1.82) is 0 Å². The van der Waals surface area contributed by atoms with Crippen molar-refractivity contribution >= 4 is 55.5 Å². The van der Waals surface area contributed by atoms with Crippen LogP contribution < -0.4 is 5.32 Å². The van der Waals surface area contributed by atoms with Gasteiger partial charge >= 0.3 is 6.03 Å². The second kappa shape index (κ2) is 7.36. The molecule has 0 saturated carbocycles. The highest BCUT2D eigenvalue weighted by Gasteiger charge is 2.29. The summed E-state index contributed by atoms with van der Waals surface area (Å²) < 4.78 is 27.3. The fourth-order valence-electron chi connectivity index (χ4n) is 2.36. The molecule has 2 aromatic rings. The zero-order valence-corrected chi connectivity index (χ0v) is 15.7. The molecule has 2 amide bonds. The van der Waals surface area contributed by atoms with Gasteiger partial charge in [0.05, 0.1) is 4.34 Å². The van der Waals surface area contributed by atoms with Gasteiger partial charge in [0, 0.05) is 37.8 Å². The molecule has 1 fully saturated rings. The van der Waals surface area contributed by atoms with E-state index in [0.717, 1.165) is 11.3 Å². The van der Waals surface area contributed by atoms with E-state index in [2.05, 4.69) is 10.3 Å². The molecule has 0 aromatic carbocycles. The van der Waals surface area contributed by atoms with Crippen LogP contribution in [0.25, 0.3) is 0 Å². The first-order valence-corrected chi connectivity index (χ1v) is 10.7. The molecule has 0 radical (unpaired) electrons. The molecular weight excluding hydrogens is 392 g/mol. The molecule has 3 heterocycles. The van der Waals surface area contributed by atoms with E-state index >= 15 is 0 Å². The monoisotopic (exact) mass is 406 g/mol. The van der Waals surface area contributed by atoms with Crippen molar-refractivity contribution in [2.24, 2.45) is 0 Å². The summed E-state index contributed by atoms with van der Waals surface area (Å²) in [7, 11) is -3.56. The highest BCUT2D eigenvalue weighted by atomic mass is 35.5. The molecule has 1 N–H and O–H groups in total. The van der Waals surface area contributed by atoms with E-state index < -0.39 is 10.0 Å². The minimum absolute atomic E-state index is 0.230. The van der Waals surface area contributed by atoms with Crippen LogP contribution >= 0.6 is 34.3 Å². The molecule has 0 aliphatic carbocycles.